The monoisotopic (exact) mass is 277 g/mol. The molecule has 1 nitrogen and oxygen atoms in total. The lowest BCUT2D eigenvalue weighted by Gasteiger charge is -2.22. The van der Waals surface area contributed by atoms with Crippen LogP contribution < -0.4 is 0 Å². The predicted octanol–water partition coefficient (Wildman–Crippen LogP) is 4.82. The first kappa shape index (κ1) is 15.3. The third-order valence-electron chi connectivity index (χ3n) is 3.54. The fraction of sp³-hybridized carbons (Fsp3) is 0.200. The van der Waals surface area contributed by atoms with Crippen LogP contribution in [0.15, 0.2) is 85.5 Å². The molecule has 0 amide bonds. The molecule has 2 aromatic carbocycles. The Bertz CT molecular complexity index is 515. The molecule has 21 heavy (non-hydrogen) atoms. The van der Waals surface area contributed by atoms with E-state index in [1.165, 1.54) is 11.1 Å². The van der Waals surface area contributed by atoms with E-state index in [1.54, 1.807) is 0 Å². The Morgan fingerprint density at radius 2 is 1.33 bits per heavy atom. The lowest BCUT2D eigenvalue weighted by atomic mass is 10.1. The van der Waals surface area contributed by atoms with Crippen LogP contribution in [0.4, 0.5) is 0 Å². The summed E-state index contributed by atoms with van der Waals surface area (Å²) in [4.78, 5) is 2.46. The SMILES string of the molecule is C=CC(=C)CCN(Cc1ccccc1)Cc1ccccc1. The fourth-order valence-electron chi connectivity index (χ4n) is 2.30. The van der Waals surface area contributed by atoms with Crippen molar-refractivity contribution in [3.63, 3.8) is 0 Å². The van der Waals surface area contributed by atoms with Gasteiger partial charge in [-0.1, -0.05) is 85.5 Å². The minimum Gasteiger partial charge on any atom is -0.295 e. The highest BCUT2D eigenvalue weighted by Gasteiger charge is 2.07. The van der Waals surface area contributed by atoms with Gasteiger partial charge in [0.2, 0.25) is 0 Å². The molecule has 2 rings (SSSR count). The zero-order valence-corrected chi connectivity index (χ0v) is 12.5. The van der Waals surface area contributed by atoms with Gasteiger partial charge in [-0.3, -0.25) is 4.90 Å². The molecule has 2 aromatic rings. The van der Waals surface area contributed by atoms with Gasteiger partial charge in [-0.15, -0.1) is 0 Å². The third-order valence-corrected chi connectivity index (χ3v) is 3.54. The lowest BCUT2D eigenvalue weighted by molar-refractivity contribution is 0.260. The zero-order chi connectivity index (χ0) is 14.9. The summed E-state index contributed by atoms with van der Waals surface area (Å²) in [5.41, 5.74) is 3.79. The van der Waals surface area contributed by atoms with Crippen molar-refractivity contribution in [2.24, 2.45) is 0 Å². The van der Waals surface area contributed by atoms with Crippen LogP contribution in [0.25, 0.3) is 0 Å². The van der Waals surface area contributed by atoms with Gasteiger partial charge in [0.25, 0.3) is 0 Å². The smallest absolute Gasteiger partial charge is 0.0237 e. The van der Waals surface area contributed by atoms with E-state index in [4.69, 9.17) is 0 Å². The number of rotatable bonds is 8. The van der Waals surface area contributed by atoms with Gasteiger partial charge >= 0.3 is 0 Å². The second-order valence-electron chi connectivity index (χ2n) is 5.29. The Hall–Kier alpha value is -2.12. The molecular formula is C20H23N. The minimum atomic E-state index is 0.958. The molecule has 0 saturated carbocycles. The van der Waals surface area contributed by atoms with Crippen LogP contribution in [0.2, 0.25) is 0 Å². The normalized spacial score (nSPS) is 10.5. The van der Waals surface area contributed by atoms with E-state index in [-0.39, 0.29) is 0 Å². The Balaban J connectivity index is 2.02. The highest BCUT2D eigenvalue weighted by Crippen LogP contribution is 2.12. The van der Waals surface area contributed by atoms with Crippen molar-refractivity contribution in [1.29, 1.82) is 0 Å². The van der Waals surface area contributed by atoms with Crippen molar-refractivity contribution in [2.75, 3.05) is 6.54 Å². The molecule has 0 fully saturated rings. The first-order valence-corrected chi connectivity index (χ1v) is 7.38. The number of hydrogen-bond donors (Lipinski definition) is 0. The molecule has 108 valence electrons. The molecule has 0 atom stereocenters. The van der Waals surface area contributed by atoms with Crippen LogP contribution >= 0.6 is 0 Å². The second-order valence-corrected chi connectivity index (χ2v) is 5.29. The largest absolute Gasteiger partial charge is 0.295 e. The minimum absolute atomic E-state index is 0.958. The molecule has 0 aliphatic rings. The Morgan fingerprint density at radius 1 is 0.857 bits per heavy atom. The molecule has 0 saturated heterocycles. The number of benzene rings is 2. The van der Waals surface area contributed by atoms with E-state index in [2.05, 4.69) is 78.7 Å². The molecule has 0 aliphatic heterocycles. The van der Waals surface area contributed by atoms with Crippen molar-refractivity contribution in [3.8, 4) is 0 Å². The molecule has 0 heterocycles. The Kier molecular flexibility index (Phi) is 5.99. The number of nitrogens with zero attached hydrogens (tertiary/aromatic N) is 1. The summed E-state index contributed by atoms with van der Waals surface area (Å²) in [5.74, 6) is 0. The van der Waals surface area contributed by atoms with Crippen LogP contribution in [0.3, 0.4) is 0 Å². The van der Waals surface area contributed by atoms with Crippen molar-refractivity contribution in [1.82, 2.24) is 4.90 Å². The van der Waals surface area contributed by atoms with Gasteiger partial charge in [0, 0.05) is 19.6 Å². The zero-order valence-electron chi connectivity index (χ0n) is 12.5. The van der Waals surface area contributed by atoms with Gasteiger partial charge in [0.1, 0.15) is 0 Å². The Morgan fingerprint density at radius 3 is 1.76 bits per heavy atom. The molecule has 1 heteroatoms. The fourth-order valence-corrected chi connectivity index (χ4v) is 2.30. The highest BCUT2D eigenvalue weighted by atomic mass is 15.1. The van der Waals surface area contributed by atoms with Gasteiger partial charge < -0.3 is 0 Å². The maximum Gasteiger partial charge on any atom is 0.0237 e. The van der Waals surface area contributed by atoms with Crippen LogP contribution in [0.5, 0.6) is 0 Å². The maximum atomic E-state index is 4.01. The third kappa shape index (κ3) is 5.41. The summed E-state index contributed by atoms with van der Waals surface area (Å²) in [5, 5.41) is 0. The molecule has 0 N–H and O–H groups in total. The van der Waals surface area contributed by atoms with Crippen LogP contribution in [-0.4, -0.2) is 11.4 Å². The second kappa shape index (κ2) is 8.23. The predicted molar refractivity (Wildman–Crippen MR) is 91.0 cm³/mol. The maximum absolute atomic E-state index is 4.01. The highest BCUT2D eigenvalue weighted by molar-refractivity contribution is 5.17. The molecule has 0 unspecified atom stereocenters. The van der Waals surface area contributed by atoms with Crippen LogP contribution in [0, 0.1) is 0 Å². The van der Waals surface area contributed by atoms with Gasteiger partial charge in [-0.05, 0) is 17.5 Å². The summed E-state index contributed by atoms with van der Waals surface area (Å²) in [7, 11) is 0. The van der Waals surface area contributed by atoms with E-state index in [0.29, 0.717) is 0 Å². The first-order chi connectivity index (χ1) is 10.3. The lowest BCUT2D eigenvalue weighted by Crippen LogP contribution is -2.24. The molecule has 0 radical (unpaired) electrons. The molecule has 0 aliphatic carbocycles. The Labute approximate surface area is 128 Å². The average molecular weight is 277 g/mol. The van der Waals surface area contributed by atoms with E-state index in [1.807, 2.05) is 6.08 Å². The summed E-state index contributed by atoms with van der Waals surface area (Å²) in [6.45, 7) is 10.7. The van der Waals surface area contributed by atoms with Gasteiger partial charge in [-0.2, -0.15) is 0 Å². The van der Waals surface area contributed by atoms with Gasteiger partial charge in [0.05, 0.1) is 0 Å². The molecule has 0 bridgehead atoms. The summed E-state index contributed by atoms with van der Waals surface area (Å²) in [6.07, 6.45) is 2.81. The van der Waals surface area contributed by atoms with E-state index >= 15 is 0 Å². The summed E-state index contributed by atoms with van der Waals surface area (Å²) in [6, 6.07) is 21.2. The van der Waals surface area contributed by atoms with Gasteiger partial charge in [-0.25, -0.2) is 0 Å². The standard InChI is InChI=1S/C20H23N/c1-3-18(2)14-15-21(16-19-10-6-4-7-11-19)17-20-12-8-5-9-13-20/h3-13H,1-2,14-17H2. The first-order valence-electron chi connectivity index (χ1n) is 7.38. The summed E-state index contributed by atoms with van der Waals surface area (Å²) < 4.78 is 0. The summed E-state index contributed by atoms with van der Waals surface area (Å²) >= 11 is 0. The molecule has 0 aromatic heterocycles. The number of allylic oxidation sites excluding steroid dienone is 1. The molecule has 0 spiro atoms. The van der Waals surface area contributed by atoms with E-state index in [0.717, 1.165) is 31.6 Å². The van der Waals surface area contributed by atoms with E-state index in [9.17, 15) is 0 Å². The van der Waals surface area contributed by atoms with Crippen molar-refractivity contribution < 1.29 is 0 Å². The van der Waals surface area contributed by atoms with Crippen LogP contribution in [0.1, 0.15) is 17.5 Å². The molecular weight excluding hydrogens is 254 g/mol. The van der Waals surface area contributed by atoms with Crippen LogP contribution in [-0.2, 0) is 13.1 Å². The van der Waals surface area contributed by atoms with Gasteiger partial charge in [0.15, 0.2) is 0 Å². The van der Waals surface area contributed by atoms with Crippen molar-refractivity contribution >= 4 is 0 Å². The van der Waals surface area contributed by atoms with E-state index < -0.39 is 0 Å². The van der Waals surface area contributed by atoms with Crippen molar-refractivity contribution in [3.05, 3.63) is 96.6 Å². The number of hydrogen-bond acceptors (Lipinski definition) is 1. The quantitative estimate of drug-likeness (QED) is 0.625. The van der Waals surface area contributed by atoms with Crippen molar-refractivity contribution in [2.45, 2.75) is 19.5 Å². The average Bonchev–Trinajstić information content (AvgIpc) is 2.54. The topological polar surface area (TPSA) is 3.24 Å².